The number of methoxy groups -OCH3 is 3. The Hall–Kier alpha value is -2.28. The summed E-state index contributed by atoms with van der Waals surface area (Å²) in [7, 11) is 3.37. The van der Waals surface area contributed by atoms with E-state index in [2.05, 4.69) is 4.74 Å². The SMILES string of the molecule is COC(=O)CC(C(=O)OC)C(CC(=O)OCC(C)(C)C1OCC2(COC(C)OC2)CO1)C(=O)OC. The van der Waals surface area contributed by atoms with Crippen molar-refractivity contribution in [2.24, 2.45) is 22.7 Å². The smallest absolute Gasteiger partial charge is 0.310 e. The van der Waals surface area contributed by atoms with Crippen LogP contribution in [0.2, 0.25) is 0 Å². The van der Waals surface area contributed by atoms with E-state index < -0.39 is 60.3 Å². The van der Waals surface area contributed by atoms with Crippen molar-refractivity contribution >= 4 is 23.9 Å². The molecular formula is C23H36O12. The van der Waals surface area contributed by atoms with Gasteiger partial charge in [0.15, 0.2) is 12.6 Å². The van der Waals surface area contributed by atoms with Crippen LogP contribution in [0.3, 0.4) is 0 Å². The van der Waals surface area contributed by atoms with Crippen molar-refractivity contribution in [1.82, 2.24) is 0 Å². The van der Waals surface area contributed by atoms with Crippen LogP contribution in [-0.2, 0) is 57.1 Å². The molecule has 2 heterocycles. The van der Waals surface area contributed by atoms with E-state index in [0.717, 1.165) is 21.3 Å². The summed E-state index contributed by atoms with van der Waals surface area (Å²) in [6, 6.07) is 0. The maximum atomic E-state index is 12.6. The fourth-order valence-corrected chi connectivity index (χ4v) is 3.81. The van der Waals surface area contributed by atoms with Crippen LogP contribution in [0.15, 0.2) is 0 Å². The first kappa shape index (κ1) is 29.0. The number of hydrogen-bond acceptors (Lipinski definition) is 12. The molecule has 12 nitrogen and oxygen atoms in total. The Labute approximate surface area is 204 Å². The van der Waals surface area contributed by atoms with Gasteiger partial charge in [-0.1, -0.05) is 13.8 Å². The molecule has 0 aliphatic carbocycles. The van der Waals surface area contributed by atoms with Gasteiger partial charge in [-0.2, -0.15) is 0 Å². The molecule has 2 fully saturated rings. The van der Waals surface area contributed by atoms with Gasteiger partial charge >= 0.3 is 23.9 Å². The fraction of sp³-hybridized carbons (Fsp3) is 0.826. The Morgan fingerprint density at radius 1 is 0.800 bits per heavy atom. The first-order chi connectivity index (χ1) is 16.5. The Kier molecular flexibility index (Phi) is 10.4. The van der Waals surface area contributed by atoms with Crippen molar-refractivity contribution in [3.63, 3.8) is 0 Å². The first-order valence-electron chi connectivity index (χ1n) is 11.3. The van der Waals surface area contributed by atoms with Crippen molar-refractivity contribution in [1.29, 1.82) is 0 Å². The number of carbonyl (C=O) groups excluding carboxylic acids is 4. The molecule has 2 aliphatic heterocycles. The molecule has 0 radical (unpaired) electrons. The highest BCUT2D eigenvalue weighted by molar-refractivity contribution is 5.88. The topological polar surface area (TPSA) is 142 Å². The van der Waals surface area contributed by atoms with Crippen LogP contribution < -0.4 is 0 Å². The number of esters is 4. The minimum Gasteiger partial charge on any atom is -0.469 e. The van der Waals surface area contributed by atoms with Crippen molar-refractivity contribution in [2.75, 3.05) is 54.4 Å². The largest absolute Gasteiger partial charge is 0.469 e. The first-order valence-corrected chi connectivity index (χ1v) is 11.3. The Morgan fingerprint density at radius 3 is 1.71 bits per heavy atom. The van der Waals surface area contributed by atoms with Crippen LogP contribution in [0.5, 0.6) is 0 Å². The molecule has 12 heteroatoms. The average Bonchev–Trinajstić information content (AvgIpc) is 2.86. The Morgan fingerprint density at radius 2 is 1.26 bits per heavy atom. The molecule has 2 rings (SSSR count). The van der Waals surface area contributed by atoms with Crippen LogP contribution in [0.25, 0.3) is 0 Å². The normalized spacial score (nSPS) is 26.3. The van der Waals surface area contributed by atoms with Gasteiger partial charge in [-0.05, 0) is 6.92 Å². The minimum absolute atomic E-state index is 0.0820. The zero-order valence-corrected chi connectivity index (χ0v) is 21.2. The summed E-state index contributed by atoms with van der Waals surface area (Å²) in [6.07, 6.45) is -1.88. The molecule has 2 saturated heterocycles. The van der Waals surface area contributed by atoms with Crippen LogP contribution in [0, 0.1) is 22.7 Å². The van der Waals surface area contributed by atoms with Gasteiger partial charge in [0.05, 0.1) is 77.8 Å². The van der Waals surface area contributed by atoms with Crippen molar-refractivity contribution in [3.8, 4) is 0 Å². The van der Waals surface area contributed by atoms with Crippen molar-refractivity contribution in [3.05, 3.63) is 0 Å². The van der Waals surface area contributed by atoms with Gasteiger partial charge < -0.3 is 37.9 Å². The Balaban J connectivity index is 1.96. The lowest BCUT2D eigenvalue weighted by Gasteiger charge is -2.46. The van der Waals surface area contributed by atoms with Crippen molar-refractivity contribution in [2.45, 2.75) is 46.2 Å². The predicted octanol–water partition coefficient (Wildman–Crippen LogP) is 0.840. The molecule has 0 saturated carbocycles. The van der Waals surface area contributed by atoms with E-state index in [9.17, 15) is 19.2 Å². The molecule has 0 aromatic rings. The van der Waals surface area contributed by atoms with E-state index in [4.69, 9.17) is 33.2 Å². The summed E-state index contributed by atoms with van der Waals surface area (Å²) in [5.74, 6) is -5.76. The van der Waals surface area contributed by atoms with E-state index in [-0.39, 0.29) is 18.3 Å². The second-order valence-corrected chi connectivity index (χ2v) is 9.54. The summed E-state index contributed by atoms with van der Waals surface area (Å²) in [5.41, 5.74) is -1.11. The van der Waals surface area contributed by atoms with Gasteiger partial charge in [0, 0.05) is 5.41 Å². The second-order valence-electron chi connectivity index (χ2n) is 9.54. The second kappa shape index (κ2) is 12.6. The maximum absolute atomic E-state index is 12.6. The lowest BCUT2D eigenvalue weighted by atomic mass is 9.86. The third-order valence-electron chi connectivity index (χ3n) is 6.07. The standard InChI is InChI=1S/C23H36O12/c1-14-31-10-23(11-32-14)12-34-21(35-13-23)22(2,3)9-33-18(25)8-16(20(27)30-6)15(19(26)29-5)7-17(24)28-4/h14-16,21H,7-13H2,1-6H3. The summed E-state index contributed by atoms with van der Waals surface area (Å²) < 4.78 is 42.4. The lowest BCUT2D eigenvalue weighted by Crippen LogP contribution is -2.54. The zero-order valence-electron chi connectivity index (χ0n) is 21.2. The maximum Gasteiger partial charge on any atom is 0.310 e. The van der Waals surface area contributed by atoms with Crippen LogP contribution >= 0.6 is 0 Å². The van der Waals surface area contributed by atoms with Gasteiger partial charge in [0.1, 0.15) is 6.61 Å². The molecule has 1 spiro atoms. The van der Waals surface area contributed by atoms with Crippen LogP contribution in [-0.4, -0.2) is 90.8 Å². The number of ether oxygens (including phenoxy) is 8. The molecule has 0 aromatic carbocycles. The number of rotatable bonds is 10. The van der Waals surface area contributed by atoms with E-state index in [1.165, 1.54) is 0 Å². The molecule has 0 aromatic heterocycles. The third kappa shape index (κ3) is 7.86. The van der Waals surface area contributed by atoms with E-state index in [0.29, 0.717) is 26.4 Å². The molecule has 2 aliphatic rings. The predicted molar refractivity (Wildman–Crippen MR) is 116 cm³/mol. The van der Waals surface area contributed by atoms with E-state index >= 15 is 0 Å². The van der Waals surface area contributed by atoms with E-state index in [1.54, 1.807) is 0 Å². The molecule has 200 valence electrons. The molecule has 2 unspecified atom stereocenters. The highest BCUT2D eigenvalue weighted by Crippen LogP contribution is 2.36. The van der Waals surface area contributed by atoms with Crippen molar-refractivity contribution < 1.29 is 57.1 Å². The highest BCUT2D eigenvalue weighted by atomic mass is 16.7. The van der Waals surface area contributed by atoms with Gasteiger partial charge in [-0.3, -0.25) is 19.2 Å². The average molecular weight is 505 g/mol. The van der Waals surface area contributed by atoms with Gasteiger partial charge in [-0.25, -0.2) is 0 Å². The van der Waals surface area contributed by atoms with Gasteiger partial charge in [0.2, 0.25) is 0 Å². The number of carbonyl (C=O) groups is 4. The summed E-state index contributed by atoms with van der Waals surface area (Å²) in [6.45, 7) is 7.00. The molecule has 0 N–H and O–H groups in total. The van der Waals surface area contributed by atoms with Gasteiger partial charge in [0.25, 0.3) is 0 Å². The zero-order chi connectivity index (χ0) is 26.2. The third-order valence-corrected chi connectivity index (χ3v) is 6.07. The summed E-state index contributed by atoms with van der Waals surface area (Å²) in [4.78, 5) is 49.0. The number of hydrogen-bond donors (Lipinski definition) is 0. The molecule has 35 heavy (non-hydrogen) atoms. The summed E-state index contributed by atoms with van der Waals surface area (Å²) >= 11 is 0. The highest BCUT2D eigenvalue weighted by Gasteiger charge is 2.46. The quantitative estimate of drug-likeness (QED) is 0.307. The van der Waals surface area contributed by atoms with E-state index in [1.807, 2.05) is 20.8 Å². The Bertz CT molecular complexity index is 746. The lowest BCUT2D eigenvalue weighted by molar-refractivity contribution is -0.320. The molecular weight excluding hydrogens is 468 g/mol. The fourth-order valence-electron chi connectivity index (χ4n) is 3.81. The van der Waals surface area contributed by atoms with Crippen LogP contribution in [0.4, 0.5) is 0 Å². The molecule has 0 amide bonds. The summed E-state index contributed by atoms with van der Waals surface area (Å²) in [5, 5.41) is 0. The van der Waals surface area contributed by atoms with Gasteiger partial charge in [-0.15, -0.1) is 0 Å². The molecule has 2 atom stereocenters. The van der Waals surface area contributed by atoms with Crippen LogP contribution in [0.1, 0.15) is 33.6 Å². The molecule has 0 bridgehead atoms. The minimum atomic E-state index is -1.29. The monoisotopic (exact) mass is 504 g/mol.